The third-order valence-electron chi connectivity index (χ3n) is 5.84. The molecule has 0 unspecified atom stereocenters. The fourth-order valence-corrected chi connectivity index (χ4v) is 4.12. The van der Waals surface area contributed by atoms with Crippen molar-refractivity contribution in [1.82, 2.24) is 15.6 Å². The molecule has 0 fully saturated rings. The molecule has 1 heterocycles. The van der Waals surface area contributed by atoms with E-state index in [0.29, 0.717) is 28.5 Å². The number of hydrogen-bond donors (Lipinski definition) is 2. The van der Waals surface area contributed by atoms with Gasteiger partial charge in [0, 0.05) is 16.8 Å². The molecule has 0 saturated carbocycles. The Hall–Kier alpha value is -3.03. The first kappa shape index (κ1) is 23.6. The molecule has 3 rings (SSSR count). The molecule has 32 heavy (non-hydrogen) atoms. The van der Waals surface area contributed by atoms with Crippen LogP contribution in [0.5, 0.6) is 17.2 Å². The van der Waals surface area contributed by atoms with Gasteiger partial charge in [0.05, 0.1) is 27.5 Å². The monoisotopic (exact) mass is 442 g/mol. The minimum absolute atomic E-state index is 0.307. The van der Waals surface area contributed by atoms with E-state index in [0.717, 1.165) is 36.9 Å². The third kappa shape index (κ3) is 6.02. The fourth-order valence-electron chi connectivity index (χ4n) is 4.12. The molecule has 0 aliphatic heterocycles. The summed E-state index contributed by atoms with van der Waals surface area (Å²) in [4.78, 5) is 12.8. The zero-order valence-corrected chi connectivity index (χ0v) is 19.3. The molecule has 0 spiro atoms. The Morgan fingerprint density at radius 1 is 0.938 bits per heavy atom. The van der Waals surface area contributed by atoms with Gasteiger partial charge in [-0.3, -0.25) is 9.89 Å². The third-order valence-corrected chi connectivity index (χ3v) is 5.84. The zero-order valence-electron chi connectivity index (χ0n) is 19.3. The van der Waals surface area contributed by atoms with Crippen LogP contribution in [0.1, 0.15) is 78.7 Å². The number of ether oxygens (including phenoxy) is 3. The highest BCUT2D eigenvalue weighted by Gasteiger charge is 2.19. The van der Waals surface area contributed by atoms with Crippen molar-refractivity contribution in [3.63, 3.8) is 0 Å². The van der Waals surface area contributed by atoms with Gasteiger partial charge in [0.15, 0.2) is 17.2 Å². The quantitative estimate of drug-likeness (QED) is 0.510. The van der Waals surface area contributed by atoms with Crippen molar-refractivity contribution in [3.8, 4) is 17.2 Å². The molecule has 8 heteroatoms. The van der Waals surface area contributed by atoms with Gasteiger partial charge in [0.1, 0.15) is 0 Å². The second-order valence-electron chi connectivity index (χ2n) is 8.02. The number of fused-ring (bicyclic) bond motifs is 1. The van der Waals surface area contributed by atoms with Gasteiger partial charge >= 0.3 is 0 Å². The molecule has 1 aromatic heterocycles. The Labute approximate surface area is 189 Å². The fraction of sp³-hybridized carbons (Fsp3) is 0.542. The Morgan fingerprint density at radius 2 is 1.53 bits per heavy atom. The van der Waals surface area contributed by atoms with Crippen molar-refractivity contribution >= 4 is 12.1 Å². The van der Waals surface area contributed by atoms with Crippen molar-refractivity contribution in [1.29, 1.82) is 0 Å². The van der Waals surface area contributed by atoms with Gasteiger partial charge in [-0.15, -0.1) is 0 Å². The summed E-state index contributed by atoms with van der Waals surface area (Å²) >= 11 is 0. The van der Waals surface area contributed by atoms with Crippen LogP contribution in [0.15, 0.2) is 17.2 Å². The van der Waals surface area contributed by atoms with E-state index < -0.39 is 0 Å². The number of carbonyl (C=O) groups is 1. The van der Waals surface area contributed by atoms with Crippen molar-refractivity contribution in [2.75, 3.05) is 21.3 Å². The SMILES string of the molecule is COc1cc(C=NNC(=O)c2n[nH]c3c2CCCCCCCCCC3)cc(OC)c1OC. The van der Waals surface area contributed by atoms with Gasteiger partial charge in [-0.2, -0.15) is 10.2 Å². The highest BCUT2D eigenvalue weighted by molar-refractivity contribution is 5.94. The first-order valence-corrected chi connectivity index (χ1v) is 11.4. The van der Waals surface area contributed by atoms with Crippen LogP contribution in [0.2, 0.25) is 0 Å². The number of nitrogens with one attached hydrogen (secondary N) is 2. The number of benzene rings is 1. The molecule has 2 aromatic rings. The highest BCUT2D eigenvalue weighted by atomic mass is 16.5. The maximum Gasteiger partial charge on any atom is 0.292 e. The molecule has 2 N–H and O–H groups in total. The lowest BCUT2D eigenvalue weighted by Crippen LogP contribution is -2.20. The Morgan fingerprint density at radius 3 is 2.12 bits per heavy atom. The lowest BCUT2D eigenvalue weighted by atomic mass is 9.98. The molecule has 1 aromatic carbocycles. The molecule has 0 bridgehead atoms. The molecule has 0 saturated heterocycles. The molecule has 1 aliphatic carbocycles. The summed E-state index contributed by atoms with van der Waals surface area (Å²) in [6.45, 7) is 0. The largest absolute Gasteiger partial charge is 0.493 e. The van der Waals surface area contributed by atoms with Crippen molar-refractivity contribution in [2.24, 2.45) is 5.10 Å². The normalized spacial score (nSPS) is 15.3. The average molecular weight is 443 g/mol. The maximum absolute atomic E-state index is 12.8. The first-order valence-electron chi connectivity index (χ1n) is 11.4. The summed E-state index contributed by atoms with van der Waals surface area (Å²) in [5.74, 6) is 1.24. The Kier molecular flexibility index (Phi) is 8.95. The Balaban J connectivity index is 1.71. The summed E-state index contributed by atoms with van der Waals surface area (Å²) in [6.07, 6.45) is 13.1. The van der Waals surface area contributed by atoms with Crippen LogP contribution in [0.25, 0.3) is 0 Å². The van der Waals surface area contributed by atoms with E-state index in [9.17, 15) is 4.79 Å². The summed E-state index contributed by atoms with van der Waals surface area (Å²) in [5.41, 5.74) is 5.88. The van der Waals surface area contributed by atoms with Gasteiger partial charge in [0.25, 0.3) is 5.91 Å². The molecular formula is C24H34N4O4. The zero-order chi connectivity index (χ0) is 22.8. The number of nitrogens with zero attached hydrogens (tertiary/aromatic N) is 2. The molecule has 174 valence electrons. The number of carbonyl (C=O) groups excluding carboxylic acids is 1. The molecule has 0 radical (unpaired) electrons. The number of H-pyrrole nitrogens is 1. The van der Waals surface area contributed by atoms with Crippen LogP contribution in [-0.4, -0.2) is 43.6 Å². The molecular weight excluding hydrogens is 408 g/mol. The number of aromatic nitrogens is 2. The number of rotatable bonds is 6. The molecule has 8 nitrogen and oxygen atoms in total. The van der Waals surface area contributed by atoms with E-state index in [1.54, 1.807) is 39.7 Å². The smallest absolute Gasteiger partial charge is 0.292 e. The van der Waals surface area contributed by atoms with Gasteiger partial charge in [-0.25, -0.2) is 5.43 Å². The number of methoxy groups -OCH3 is 3. The minimum atomic E-state index is -0.307. The van der Waals surface area contributed by atoms with E-state index in [-0.39, 0.29) is 5.91 Å². The standard InChI is InChI=1S/C24H34N4O4/c1-30-20-14-17(15-21(31-2)23(20)32-3)16-25-28-24(29)22-18-12-10-8-6-4-5-7-9-11-13-19(18)26-27-22/h14-16H,4-13H2,1-3H3,(H,26,27)(H,28,29). The number of hydrazone groups is 1. The second-order valence-corrected chi connectivity index (χ2v) is 8.02. The van der Waals surface area contributed by atoms with Crippen LogP contribution >= 0.6 is 0 Å². The van der Waals surface area contributed by atoms with Crippen molar-refractivity contribution in [2.45, 2.75) is 64.2 Å². The number of hydrogen-bond acceptors (Lipinski definition) is 6. The van der Waals surface area contributed by atoms with E-state index in [1.165, 1.54) is 38.5 Å². The van der Waals surface area contributed by atoms with Crippen molar-refractivity contribution in [3.05, 3.63) is 34.6 Å². The van der Waals surface area contributed by atoms with Gasteiger partial charge < -0.3 is 14.2 Å². The number of amides is 1. The summed E-state index contributed by atoms with van der Waals surface area (Å²) in [7, 11) is 4.66. The maximum atomic E-state index is 12.8. The lowest BCUT2D eigenvalue weighted by Gasteiger charge is -2.12. The highest BCUT2D eigenvalue weighted by Crippen LogP contribution is 2.37. The van der Waals surface area contributed by atoms with Crippen molar-refractivity contribution < 1.29 is 19.0 Å². The molecule has 1 amide bonds. The minimum Gasteiger partial charge on any atom is -0.493 e. The van der Waals surface area contributed by atoms with E-state index in [4.69, 9.17) is 14.2 Å². The predicted octanol–water partition coefficient (Wildman–Crippen LogP) is 4.42. The van der Waals surface area contributed by atoms with Gasteiger partial charge in [-0.05, 0) is 37.8 Å². The van der Waals surface area contributed by atoms with Crippen LogP contribution in [0.4, 0.5) is 0 Å². The predicted molar refractivity (Wildman–Crippen MR) is 124 cm³/mol. The second kappa shape index (κ2) is 12.1. The van der Waals surface area contributed by atoms with Crippen LogP contribution in [0.3, 0.4) is 0 Å². The van der Waals surface area contributed by atoms with E-state index in [2.05, 4.69) is 20.7 Å². The molecule has 1 aliphatic rings. The van der Waals surface area contributed by atoms with Crippen LogP contribution in [-0.2, 0) is 12.8 Å². The summed E-state index contributed by atoms with van der Waals surface area (Å²) in [5, 5.41) is 11.6. The first-order chi connectivity index (χ1) is 15.7. The number of aromatic amines is 1. The van der Waals surface area contributed by atoms with Crippen LogP contribution < -0.4 is 19.6 Å². The van der Waals surface area contributed by atoms with E-state index >= 15 is 0 Å². The molecule has 0 atom stereocenters. The van der Waals surface area contributed by atoms with Gasteiger partial charge in [0.2, 0.25) is 5.75 Å². The summed E-state index contributed by atoms with van der Waals surface area (Å²) in [6, 6.07) is 3.53. The Bertz CT molecular complexity index is 898. The van der Waals surface area contributed by atoms with Gasteiger partial charge in [-0.1, -0.05) is 38.5 Å². The average Bonchev–Trinajstić information content (AvgIpc) is 3.20. The lowest BCUT2D eigenvalue weighted by molar-refractivity contribution is 0.0949. The van der Waals surface area contributed by atoms with E-state index in [1.807, 2.05) is 0 Å². The topological polar surface area (TPSA) is 97.8 Å². The summed E-state index contributed by atoms with van der Waals surface area (Å²) < 4.78 is 16.0. The van der Waals surface area contributed by atoms with Crippen LogP contribution in [0, 0.1) is 0 Å². The number of aryl methyl sites for hydroxylation is 1.